The number of fused-ring (bicyclic) bond motifs is 13. The summed E-state index contributed by atoms with van der Waals surface area (Å²) in [5.74, 6) is 4.09. The Kier molecular flexibility index (Phi) is 18.2. The fraction of sp³-hybridized carbons (Fsp3) is 0.220. The number of aryl methyl sites for hydroxylation is 2. The van der Waals surface area contributed by atoms with Crippen LogP contribution >= 0.6 is 34.4 Å². The van der Waals surface area contributed by atoms with E-state index in [1.54, 1.807) is 28.2 Å². The topological polar surface area (TPSA) is 88.6 Å². The molecule has 0 fully saturated rings. The SMILES string of the molecule is C.C.C.C.C.C1=CC2=Nc3[nH]ccc3CN2C=C1.C1=CC2=Nc3sccc3CN2C=C1.C1=Cc2c(ccc3ccccc23)C1.c1cc2c3c(cnc2s1)CCCC3.c1ccc2c(c1)SCc1cn[nH]c1-2. The molecular weight excluding hydrogens is 917 g/mol. The van der Waals surface area contributed by atoms with Gasteiger partial charge in [0.15, 0.2) is 0 Å². The van der Waals surface area contributed by atoms with E-state index in [9.17, 15) is 0 Å². The molecule has 5 aromatic heterocycles. The maximum atomic E-state index is 4.55. The molecule has 0 bridgehead atoms. The van der Waals surface area contributed by atoms with Crippen LogP contribution in [0.5, 0.6) is 0 Å². The van der Waals surface area contributed by atoms with Crippen molar-refractivity contribution in [1.82, 2.24) is 30.0 Å². The smallest absolute Gasteiger partial charge is 0.137 e. The van der Waals surface area contributed by atoms with Crippen LogP contribution in [-0.4, -0.2) is 41.6 Å². The second-order valence-electron chi connectivity index (χ2n) is 16.3. The van der Waals surface area contributed by atoms with Gasteiger partial charge < -0.3 is 14.8 Å². The third-order valence-corrected chi connectivity index (χ3v) is 15.0. The Balaban J connectivity index is 0.000000141. The summed E-state index contributed by atoms with van der Waals surface area (Å²) >= 11 is 5.33. The number of pyridine rings is 1. The van der Waals surface area contributed by atoms with Gasteiger partial charge in [-0.05, 0) is 124 Å². The molecule has 0 unspecified atom stereocenters. The van der Waals surface area contributed by atoms with Crippen molar-refractivity contribution in [3.63, 3.8) is 0 Å². The molecule has 15 rings (SSSR count). The van der Waals surface area contributed by atoms with Crippen molar-refractivity contribution in [2.75, 3.05) is 0 Å². The number of aromatic nitrogens is 4. The van der Waals surface area contributed by atoms with Gasteiger partial charge in [0.05, 0.1) is 25.0 Å². The predicted molar refractivity (Wildman–Crippen MR) is 307 cm³/mol. The minimum absolute atomic E-state index is 0. The average Bonchev–Trinajstić information content (AvgIpc) is 4.24. The molecule has 0 saturated carbocycles. The molecule has 5 aliphatic heterocycles. The summed E-state index contributed by atoms with van der Waals surface area (Å²) in [6, 6.07) is 27.9. The van der Waals surface area contributed by atoms with Crippen LogP contribution in [0.25, 0.3) is 38.3 Å². The molecule has 0 atom stereocenters. The Hall–Kier alpha value is -6.79. The van der Waals surface area contributed by atoms with E-state index in [0.717, 1.165) is 47.8 Å². The van der Waals surface area contributed by atoms with Gasteiger partial charge in [-0.25, -0.2) is 15.0 Å². The van der Waals surface area contributed by atoms with Crippen LogP contribution in [0.2, 0.25) is 0 Å². The number of nitrogens with zero attached hydrogens (tertiary/aromatic N) is 6. The second-order valence-corrected chi connectivity index (χ2v) is 19.1. The van der Waals surface area contributed by atoms with E-state index in [1.807, 2.05) is 60.6 Å². The number of aromatic amines is 2. The first-order valence-corrected chi connectivity index (χ1v) is 24.8. The van der Waals surface area contributed by atoms with Crippen molar-refractivity contribution in [3.05, 3.63) is 202 Å². The number of allylic oxidation sites excluding steroid dienone is 5. The van der Waals surface area contributed by atoms with Crippen LogP contribution in [0.1, 0.15) is 88.9 Å². The molecule has 3 aromatic carbocycles. The van der Waals surface area contributed by atoms with Crippen LogP contribution in [0.15, 0.2) is 178 Å². The number of hydrogen-bond acceptors (Lipinski definition) is 9. The highest BCUT2D eigenvalue weighted by molar-refractivity contribution is 7.98. The molecule has 360 valence electrons. The summed E-state index contributed by atoms with van der Waals surface area (Å²) < 4.78 is 0. The van der Waals surface area contributed by atoms with Gasteiger partial charge in [0, 0.05) is 63.1 Å². The Morgan fingerprint density at radius 2 is 1.36 bits per heavy atom. The normalized spacial score (nSPS) is 14.7. The number of thiophene rings is 2. The monoisotopic (exact) mass is 982 g/mol. The van der Waals surface area contributed by atoms with E-state index in [1.165, 1.54) is 96.2 Å². The molecule has 8 aromatic rings. The third kappa shape index (κ3) is 11.1. The number of thioether (sulfide) groups is 1. The lowest BCUT2D eigenvalue weighted by atomic mass is 9.92. The molecule has 11 heteroatoms. The Morgan fingerprint density at radius 1 is 0.600 bits per heavy atom. The van der Waals surface area contributed by atoms with Crippen molar-refractivity contribution in [3.8, 4) is 11.3 Å². The molecule has 0 spiro atoms. The van der Waals surface area contributed by atoms with Crippen molar-refractivity contribution in [2.24, 2.45) is 9.98 Å². The molecule has 8 nitrogen and oxygen atoms in total. The van der Waals surface area contributed by atoms with Crippen molar-refractivity contribution in [2.45, 2.75) is 93.0 Å². The zero-order valence-electron chi connectivity index (χ0n) is 35.7. The van der Waals surface area contributed by atoms with Crippen molar-refractivity contribution in [1.29, 1.82) is 0 Å². The summed E-state index contributed by atoms with van der Waals surface area (Å²) in [5, 5.41) is 16.6. The van der Waals surface area contributed by atoms with Crippen molar-refractivity contribution >= 4 is 84.0 Å². The second kappa shape index (κ2) is 24.2. The maximum absolute atomic E-state index is 4.55. The highest BCUT2D eigenvalue weighted by Crippen LogP contribution is 2.40. The predicted octanol–water partition coefficient (Wildman–Crippen LogP) is 17.1. The van der Waals surface area contributed by atoms with E-state index in [-0.39, 0.29) is 37.1 Å². The van der Waals surface area contributed by atoms with Gasteiger partial charge >= 0.3 is 0 Å². The highest BCUT2D eigenvalue weighted by Gasteiger charge is 2.20. The molecule has 2 aliphatic carbocycles. The number of H-pyrrole nitrogens is 2. The van der Waals surface area contributed by atoms with Gasteiger partial charge in [-0.3, -0.25) is 5.10 Å². The van der Waals surface area contributed by atoms with Gasteiger partial charge in [-0.2, -0.15) is 5.10 Å². The fourth-order valence-corrected chi connectivity index (χ4v) is 11.5. The number of nitrogens with one attached hydrogen (secondary N) is 2. The van der Waals surface area contributed by atoms with Crippen LogP contribution in [-0.2, 0) is 38.1 Å². The lowest BCUT2D eigenvalue weighted by molar-refractivity contribution is 0.544. The Morgan fingerprint density at radius 3 is 2.21 bits per heavy atom. The maximum Gasteiger partial charge on any atom is 0.137 e. The Labute approximate surface area is 427 Å². The fourth-order valence-electron chi connectivity index (χ4n) is 8.94. The van der Waals surface area contributed by atoms with Gasteiger partial charge in [0.2, 0.25) is 0 Å². The van der Waals surface area contributed by atoms with E-state index in [4.69, 9.17) is 0 Å². The van der Waals surface area contributed by atoms with Gasteiger partial charge in [-0.15, -0.1) is 34.4 Å². The summed E-state index contributed by atoms with van der Waals surface area (Å²) in [6.45, 7) is 1.87. The van der Waals surface area contributed by atoms with E-state index in [0.29, 0.717) is 0 Å². The highest BCUT2D eigenvalue weighted by atomic mass is 32.2. The molecule has 0 amide bonds. The summed E-state index contributed by atoms with van der Waals surface area (Å²) in [5.41, 5.74) is 12.3. The number of aliphatic imine (C=N–C) groups is 2. The standard InChI is InChI=1S/C13H10.C11H11NS.C10H9N3.2C10H8N2S.5CH4/c1-2-6-12-10(4-1)8-9-11-5-3-7-13(11)12;1-2-4-9-8(3-1)7-12-11-10(9)5-6-13-11;1-2-6-13-7-8-4-5-11-10(8)12-9(13)3-1;1-2-5-12-7-8-4-6-13-10(8)11-9(12)3-1;1-2-4-9-8(3-1)10-7(6-13-9)5-11-12-10;;;;;/h1-4,6-9H,5H2;5-7H,1-4H2;1-6,11H,7H2;1-6H,7H2;1-5H,6H2,(H,11,12);5*1H4. The Bertz CT molecular complexity index is 3160. The molecule has 10 heterocycles. The molecule has 70 heavy (non-hydrogen) atoms. The summed E-state index contributed by atoms with van der Waals surface area (Å²) in [6.07, 6.45) is 32.9. The number of benzene rings is 3. The van der Waals surface area contributed by atoms with Gasteiger partial charge in [0.1, 0.15) is 27.3 Å². The minimum atomic E-state index is 0. The number of rotatable bonds is 0. The third-order valence-electron chi connectivity index (χ3n) is 12.2. The summed E-state index contributed by atoms with van der Waals surface area (Å²) in [7, 11) is 0. The van der Waals surface area contributed by atoms with E-state index >= 15 is 0 Å². The summed E-state index contributed by atoms with van der Waals surface area (Å²) in [4.78, 5) is 23.5. The van der Waals surface area contributed by atoms with E-state index in [2.05, 4.69) is 160 Å². The quantitative estimate of drug-likeness (QED) is 0.158. The molecule has 7 aliphatic rings. The number of amidine groups is 2. The molecule has 0 radical (unpaired) electrons. The lowest BCUT2D eigenvalue weighted by Gasteiger charge is -2.25. The largest absolute Gasteiger partial charge is 0.346 e. The van der Waals surface area contributed by atoms with Gasteiger partial charge in [0.25, 0.3) is 0 Å². The zero-order valence-corrected chi connectivity index (χ0v) is 38.2. The van der Waals surface area contributed by atoms with Crippen LogP contribution < -0.4 is 0 Å². The molecule has 2 N–H and O–H groups in total. The van der Waals surface area contributed by atoms with Crippen LogP contribution in [0.3, 0.4) is 0 Å². The van der Waals surface area contributed by atoms with Gasteiger partial charge in [-0.1, -0.05) is 116 Å². The zero-order chi connectivity index (χ0) is 43.4. The van der Waals surface area contributed by atoms with Crippen molar-refractivity contribution < 1.29 is 0 Å². The molecule has 0 saturated heterocycles. The van der Waals surface area contributed by atoms with E-state index < -0.39 is 0 Å². The first kappa shape index (κ1) is 52.6. The number of hydrogen-bond donors (Lipinski definition) is 2. The first-order chi connectivity index (χ1) is 32.2. The first-order valence-electron chi connectivity index (χ1n) is 22.1. The minimum Gasteiger partial charge on any atom is -0.346 e. The van der Waals surface area contributed by atoms with Crippen LogP contribution in [0, 0.1) is 0 Å². The lowest BCUT2D eigenvalue weighted by Crippen LogP contribution is -2.27. The average molecular weight is 983 g/mol. The van der Waals surface area contributed by atoms with Crippen LogP contribution in [0.4, 0.5) is 10.8 Å². The molecular formula is C59H66N8S3.